The van der Waals surface area contributed by atoms with E-state index in [0.29, 0.717) is 0 Å². The zero-order chi connectivity index (χ0) is 38.4. The molecule has 0 aliphatic heterocycles. The second-order valence-electron chi connectivity index (χ2n) is 14.9. The molecule has 0 saturated carbocycles. The van der Waals surface area contributed by atoms with Gasteiger partial charge in [0.05, 0.1) is 5.69 Å². The fourth-order valence-electron chi connectivity index (χ4n) is 8.72. The minimum atomic E-state index is 0.884. The maximum atomic E-state index is 6.37. The van der Waals surface area contributed by atoms with Gasteiger partial charge in [-0.1, -0.05) is 176 Å². The largest absolute Gasteiger partial charge is 0.456 e. The van der Waals surface area contributed by atoms with E-state index in [1.807, 2.05) is 12.1 Å². The van der Waals surface area contributed by atoms with Gasteiger partial charge < -0.3 is 9.32 Å². The highest BCUT2D eigenvalue weighted by Gasteiger charge is 2.21. The Hall–Kier alpha value is -7.68. The summed E-state index contributed by atoms with van der Waals surface area (Å²) in [6.07, 6.45) is 0. The van der Waals surface area contributed by atoms with Crippen LogP contribution < -0.4 is 4.90 Å². The summed E-state index contributed by atoms with van der Waals surface area (Å²) in [6.45, 7) is 0. The molecule has 0 aliphatic carbocycles. The molecule has 0 aliphatic rings. The second kappa shape index (κ2) is 14.1. The topological polar surface area (TPSA) is 16.4 Å². The predicted molar refractivity (Wildman–Crippen MR) is 245 cm³/mol. The van der Waals surface area contributed by atoms with Crippen LogP contribution in [0.3, 0.4) is 0 Å². The number of para-hydroxylation sites is 2. The lowest BCUT2D eigenvalue weighted by atomic mass is 9.94. The zero-order valence-electron chi connectivity index (χ0n) is 31.7. The van der Waals surface area contributed by atoms with E-state index in [-0.39, 0.29) is 0 Å². The van der Waals surface area contributed by atoms with Crippen molar-refractivity contribution in [2.45, 2.75) is 0 Å². The molecule has 0 spiro atoms. The molecule has 58 heavy (non-hydrogen) atoms. The summed E-state index contributed by atoms with van der Waals surface area (Å²) in [6, 6.07) is 80.7. The fourth-order valence-corrected chi connectivity index (χ4v) is 8.72. The lowest BCUT2D eigenvalue weighted by Gasteiger charge is -2.28. The van der Waals surface area contributed by atoms with Crippen molar-refractivity contribution in [1.82, 2.24) is 0 Å². The van der Waals surface area contributed by atoms with Gasteiger partial charge in [-0.05, 0) is 109 Å². The number of hydrogen-bond donors (Lipinski definition) is 0. The third-order valence-electron chi connectivity index (χ3n) is 11.5. The van der Waals surface area contributed by atoms with Crippen molar-refractivity contribution in [3.63, 3.8) is 0 Å². The number of anilines is 3. The lowest BCUT2D eigenvalue weighted by molar-refractivity contribution is 0.669. The van der Waals surface area contributed by atoms with Crippen LogP contribution in [0.2, 0.25) is 0 Å². The molecule has 11 rings (SSSR count). The van der Waals surface area contributed by atoms with E-state index < -0.39 is 0 Å². The minimum absolute atomic E-state index is 0.884. The molecule has 0 unspecified atom stereocenters. The fraction of sp³-hybridized carbons (Fsp3) is 0. The van der Waals surface area contributed by atoms with Crippen LogP contribution in [-0.4, -0.2) is 0 Å². The first kappa shape index (κ1) is 33.6. The average molecular weight is 740 g/mol. The Morgan fingerprint density at radius 3 is 1.66 bits per heavy atom. The quantitative estimate of drug-likeness (QED) is 0.151. The monoisotopic (exact) mass is 739 g/mol. The normalized spacial score (nSPS) is 11.4. The van der Waals surface area contributed by atoms with Crippen LogP contribution in [0, 0.1) is 0 Å². The number of hydrogen-bond acceptors (Lipinski definition) is 2. The highest BCUT2D eigenvalue weighted by Crippen LogP contribution is 2.45. The van der Waals surface area contributed by atoms with Crippen molar-refractivity contribution < 1.29 is 4.42 Å². The summed E-state index contributed by atoms with van der Waals surface area (Å²) in [5.41, 5.74) is 14.5. The Bertz CT molecular complexity index is 3270. The van der Waals surface area contributed by atoms with Gasteiger partial charge in [0, 0.05) is 27.7 Å². The van der Waals surface area contributed by atoms with E-state index in [9.17, 15) is 0 Å². The summed E-state index contributed by atoms with van der Waals surface area (Å²) in [5.74, 6) is 0. The molecule has 0 saturated heterocycles. The third-order valence-corrected chi connectivity index (χ3v) is 11.5. The van der Waals surface area contributed by atoms with Gasteiger partial charge in [0.15, 0.2) is 0 Å². The van der Waals surface area contributed by atoms with Crippen LogP contribution in [0.4, 0.5) is 17.1 Å². The molecular weight excluding hydrogens is 703 g/mol. The van der Waals surface area contributed by atoms with E-state index in [2.05, 4.69) is 217 Å². The van der Waals surface area contributed by atoms with Crippen molar-refractivity contribution in [2.75, 3.05) is 4.90 Å². The van der Waals surface area contributed by atoms with Crippen LogP contribution in [-0.2, 0) is 0 Å². The standard InChI is InChI=1S/C56H37NO/c1-2-13-38(14-3-1)42-16-10-17-43(37-42)39-27-32-44(33-28-39)57(53-24-8-6-19-50(53)51-23-12-26-55-56(51)52-20-7-9-25-54(52)58-55)45-34-29-41(30-35-45)47-21-11-22-48-46-18-5-4-15-40(46)31-36-49(47)48/h1-37H. The third kappa shape index (κ3) is 5.82. The van der Waals surface area contributed by atoms with E-state index in [1.165, 1.54) is 54.9 Å². The Labute approximate surface area is 337 Å². The van der Waals surface area contributed by atoms with Gasteiger partial charge in [0.25, 0.3) is 0 Å². The Balaban J connectivity index is 1.05. The van der Waals surface area contributed by atoms with Crippen LogP contribution in [0.1, 0.15) is 0 Å². The van der Waals surface area contributed by atoms with Gasteiger partial charge in [-0.2, -0.15) is 0 Å². The molecular formula is C56H37NO. The molecule has 10 aromatic carbocycles. The van der Waals surface area contributed by atoms with Gasteiger partial charge in [0.1, 0.15) is 11.2 Å². The first-order valence-electron chi connectivity index (χ1n) is 19.8. The van der Waals surface area contributed by atoms with Gasteiger partial charge in [0.2, 0.25) is 0 Å². The molecule has 0 bridgehead atoms. The van der Waals surface area contributed by atoms with E-state index in [1.54, 1.807) is 0 Å². The number of furan rings is 1. The van der Waals surface area contributed by atoms with Crippen LogP contribution in [0.15, 0.2) is 229 Å². The van der Waals surface area contributed by atoms with E-state index in [4.69, 9.17) is 4.42 Å². The number of nitrogens with zero attached hydrogens (tertiary/aromatic N) is 1. The number of benzene rings is 10. The Kier molecular flexibility index (Phi) is 8.19. The predicted octanol–water partition coefficient (Wildman–Crippen LogP) is 16.0. The molecule has 0 atom stereocenters. The first-order chi connectivity index (χ1) is 28.8. The van der Waals surface area contributed by atoms with Crippen molar-refractivity contribution in [2.24, 2.45) is 0 Å². The van der Waals surface area contributed by atoms with Crippen molar-refractivity contribution in [3.05, 3.63) is 224 Å². The average Bonchev–Trinajstić information content (AvgIpc) is 3.69. The van der Waals surface area contributed by atoms with Crippen molar-refractivity contribution in [3.8, 4) is 44.5 Å². The molecule has 1 heterocycles. The van der Waals surface area contributed by atoms with Gasteiger partial charge in [-0.25, -0.2) is 0 Å². The van der Waals surface area contributed by atoms with Crippen LogP contribution >= 0.6 is 0 Å². The molecule has 0 amide bonds. The molecule has 0 N–H and O–H groups in total. The first-order valence-corrected chi connectivity index (χ1v) is 19.8. The van der Waals surface area contributed by atoms with Crippen molar-refractivity contribution in [1.29, 1.82) is 0 Å². The highest BCUT2D eigenvalue weighted by atomic mass is 16.3. The Morgan fingerprint density at radius 2 is 0.845 bits per heavy atom. The minimum Gasteiger partial charge on any atom is -0.456 e. The summed E-state index contributed by atoms with van der Waals surface area (Å²) in [4.78, 5) is 2.39. The summed E-state index contributed by atoms with van der Waals surface area (Å²) < 4.78 is 6.37. The number of rotatable bonds is 7. The van der Waals surface area contributed by atoms with Crippen LogP contribution in [0.25, 0.3) is 88.0 Å². The van der Waals surface area contributed by atoms with Gasteiger partial charge in [-0.15, -0.1) is 0 Å². The maximum Gasteiger partial charge on any atom is 0.136 e. The molecule has 0 radical (unpaired) electrons. The van der Waals surface area contributed by atoms with E-state index in [0.717, 1.165) is 50.1 Å². The molecule has 0 fully saturated rings. The lowest BCUT2D eigenvalue weighted by Crippen LogP contribution is -2.11. The molecule has 2 nitrogen and oxygen atoms in total. The summed E-state index contributed by atoms with van der Waals surface area (Å²) in [5, 5.41) is 7.29. The van der Waals surface area contributed by atoms with Gasteiger partial charge >= 0.3 is 0 Å². The molecule has 2 heteroatoms. The highest BCUT2D eigenvalue weighted by molar-refractivity contribution is 6.14. The maximum absolute atomic E-state index is 6.37. The summed E-state index contributed by atoms with van der Waals surface area (Å²) in [7, 11) is 0. The van der Waals surface area contributed by atoms with Crippen molar-refractivity contribution >= 4 is 60.5 Å². The summed E-state index contributed by atoms with van der Waals surface area (Å²) >= 11 is 0. The van der Waals surface area contributed by atoms with Gasteiger partial charge in [-0.3, -0.25) is 0 Å². The molecule has 1 aromatic heterocycles. The van der Waals surface area contributed by atoms with Crippen LogP contribution in [0.5, 0.6) is 0 Å². The van der Waals surface area contributed by atoms with E-state index >= 15 is 0 Å². The Morgan fingerprint density at radius 1 is 0.293 bits per heavy atom. The SMILES string of the molecule is c1ccc(-c2cccc(-c3ccc(N(c4ccc(-c5cccc6c5ccc5ccccc56)cc4)c4ccccc4-c4cccc5oc6ccccc6c45)cc3)c2)cc1. The second-order valence-corrected chi connectivity index (χ2v) is 14.9. The zero-order valence-corrected chi connectivity index (χ0v) is 31.7. The molecule has 272 valence electrons. The molecule has 11 aromatic rings. The smallest absolute Gasteiger partial charge is 0.136 e. The number of fused-ring (bicyclic) bond motifs is 6.